The highest BCUT2D eigenvalue weighted by molar-refractivity contribution is 5.48. The third-order valence-corrected chi connectivity index (χ3v) is 3.93. The highest BCUT2D eigenvalue weighted by atomic mass is 16.5. The fourth-order valence-corrected chi connectivity index (χ4v) is 2.24. The van der Waals surface area contributed by atoms with Crippen LogP contribution in [0.3, 0.4) is 0 Å². The first-order valence-corrected chi connectivity index (χ1v) is 8.93. The summed E-state index contributed by atoms with van der Waals surface area (Å²) in [5.41, 5.74) is 2.30. The Morgan fingerprint density at radius 3 is 2.50 bits per heavy atom. The van der Waals surface area contributed by atoms with E-state index in [9.17, 15) is 0 Å². The van der Waals surface area contributed by atoms with Gasteiger partial charge in [0.2, 0.25) is 0 Å². The molecular formula is C21H29NO2. The van der Waals surface area contributed by atoms with Crippen LogP contribution in [-0.4, -0.2) is 12.7 Å². The van der Waals surface area contributed by atoms with Gasteiger partial charge in [-0.15, -0.1) is 0 Å². The molecule has 0 saturated carbocycles. The molecule has 0 fully saturated rings. The summed E-state index contributed by atoms with van der Waals surface area (Å²) in [6.45, 7) is 7.95. The third kappa shape index (κ3) is 6.15. The van der Waals surface area contributed by atoms with E-state index in [2.05, 4.69) is 44.3 Å². The van der Waals surface area contributed by atoms with Crippen LogP contribution in [0.15, 0.2) is 48.5 Å². The average Bonchev–Trinajstić information content (AvgIpc) is 2.61. The summed E-state index contributed by atoms with van der Waals surface area (Å²) in [6, 6.07) is 16.4. The summed E-state index contributed by atoms with van der Waals surface area (Å²) in [4.78, 5) is 0. The Labute approximate surface area is 146 Å². The molecule has 0 aromatic heterocycles. The highest BCUT2D eigenvalue weighted by Crippen LogP contribution is 2.20. The van der Waals surface area contributed by atoms with Gasteiger partial charge in [-0.05, 0) is 49.6 Å². The first-order valence-electron chi connectivity index (χ1n) is 8.93. The average molecular weight is 327 g/mol. The molecule has 0 saturated heterocycles. The van der Waals surface area contributed by atoms with Crippen LogP contribution in [0.5, 0.6) is 11.5 Å². The SMILES string of the molecule is CCCCOc1ccc(CNc2cccc(OC(C)CC)c2)cc1. The first kappa shape index (κ1) is 18.2. The quantitative estimate of drug-likeness (QED) is 0.572. The normalized spacial score (nSPS) is 11.8. The van der Waals surface area contributed by atoms with Gasteiger partial charge in [-0.25, -0.2) is 0 Å². The summed E-state index contributed by atoms with van der Waals surface area (Å²) >= 11 is 0. The Morgan fingerprint density at radius 1 is 1.00 bits per heavy atom. The van der Waals surface area contributed by atoms with E-state index in [1.165, 1.54) is 5.56 Å². The van der Waals surface area contributed by atoms with Crippen LogP contribution in [0.1, 0.15) is 45.6 Å². The standard InChI is InChI=1S/C21H29NO2/c1-4-6-14-23-20-12-10-18(11-13-20)16-22-19-8-7-9-21(15-19)24-17(3)5-2/h7-13,15,17,22H,4-6,14,16H2,1-3H3. The van der Waals surface area contributed by atoms with Crippen molar-refractivity contribution in [3.8, 4) is 11.5 Å². The molecule has 0 spiro atoms. The summed E-state index contributed by atoms with van der Waals surface area (Å²) in [5, 5.41) is 3.44. The minimum atomic E-state index is 0.237. The van der Waals surface area contributed by atoms with Crippen LogP contribution >= 0.6 is 0 Å². The van der Waals surface area contributed by atoms with Crippen molar-refractivity contribution in [1.82, 2.24) is 0 Å². The van der Waals surface area contributed by atoms with Crippen LogP contribution < -0.4 is 14.8 Å². The number of benzene rings is 2. The van der Waals surface area contributed by atoms with Crippen LogP contribution in [-0.2, 0) is 6.54 Å². The zero-order valence-electron chi connectivity index (χ0n) is 15.0. The van der Waals surface area contributed by atoms with Crippen LogP contribution in [0.25, 0.3) is 0 Å². The molecule has 1 unspecified atom stereocenters. The molecule has 2 aromatic rings. The van der Waals surface area contributed by atoms with Crippen LogP contribution in [0.4, 0.5) is 5.69 Å². The van der Waals surface area contributed by atoms with Crippen molar-refractivity contribution in [1.29, 1.82) is 0 Å². The van der Waals surface area contributed by atoms with Crippen LogP contribution in [0.2, 0.25) is 0 Å². The Hall–Kier alpha value is -2.16. The van der Waals surface area contributed by atoms with Gasteiger partial charge in [-0.1, -0.05) is 38.5 Å². The molecule has 0 amide bonds. The molecule has 0 aliphatic heterocycles. The lowest BCUT2D eigenvalue weighted by Crippen LogP contribution is -2.09. The van der Waals surface area contributed by atoms with Crippen molar-refractivity contribution in [2.24, 2.45) is 0 Å². The molecule has 0 radical (unpaired) electrons. The van der Waals surface area contributed by atoms with Crippen molar-refractivity contribution in [3.05, 3.63) is 54.1 Å². The molecule has 2 rings (SSSR count). The lowest BCUT2D eigenvalue weighted by atomic mass is 10.2. The Bertz CT molecular complexity index is 595. The number of ether oxygens (including phenoxy) is 2. The van der Waals surface area contributed by atoms with Crippen molar-refractivity contribution in [2.45, 2.75) is 52.7 Å². The monoisotopic (exact) mass is 327 g/mol. The molecule has 130 valence electrons. The van der Waals surface area contributed by atoms with Crippen molar-refractivity contribution < 1.29 is 9.47 Å². The molecule has 3 nitrogen and oxygen atoms in total. The summed E-state index contributed by atoms with van der Waals surface area (Å²) in [5.74, 6) is 1.85. The van der Waals surface area contributed by atoms with E-state index >= 15 is 0 Å². The molecule has 1 atom stereocenters. The van der Waals surface area contributed by atoms with Gasteiger partial charge < -0.3 is 14.8 Å². The molecule has 0 bridgehead atoms. The number of rotatable bonds is 10. The van der Waals surface area contributed by atoms with Crippen molar-refractivity contribution in [3.63, 3.8) is 0 Å². The van der Waals surface area contributed by atoms with Gasteiger partial charge in [-0.3, -0.25) is 0 Å². The maximum absolute atomic E-state index is 5.86. The number of anilines is 1. The Morgan fingerprint density at radius 2 is 1.79 bits per heavy atom. The smallest absolute Gasteiger partial charge is 0.121 e. The largest absolute Gasteiger partial charge is 0.494 e. The fraction of sp³-hybridized carbons (Fsp3) is 0.429. The van der Waals surface area contributed by atoms with Gasteiger partial charge >= 0.3 is 0 Å². The lowest BCUT2D eigenvalue weighted by molar-refractivity contribution is 0.217. The second kappa shape index (κ2) is 9.86. The topological polar surface area (TPSA) is 30.5 Å². The van der Waals surface area contributed by atoms with Crippen molar-refractivity contribution >= 4 is 5.69 Å². The van der Waals surface area contributed by atoms with Gasteiger partial charge in [0.05, 0.1) is 12.7 Å². The number of hydrogen-bond acceptors (Lipinski definition) is 3. The van der Waals surface area contributed by atoms with Crippen molar-refractivity contribution in [2.75, 3.05) is 11.9 Å². The van der Waals surface area contributed by atoms with E-state index in [0.717, 1.165) is 49.6 Å². The van der Waals surface area contributed by atoms with E-state index < -0.39 is 0 Å². The second-order valence-electron chi connectivity index (χ2n) is 6.06. The molecule has 0 heterocycles. The van der Waals surface area contributed by atoms with Gasteiger partial charge in [-0.2, -0.15) is 0 Å². The molecule has 0 aliphatic carbocycles. The van der Waals surface area contributed by atoms with Crippen LogP contribution in [0, 0.1) is 0 Å². The number of nitrogens with one attached hydrogen (secondary N) is 1. The second-order valence-corrected chi connectivity index (χ2v) is 6.06. The number of hydrogen-bond donors (Lipinski definition) is 1. The lowest BCUT2D eigenvalue weighted by Gasteiger charge is -2.14. The third-order valence-electron chi connectivity index (χ3n) is 3.93. The minimum absolute atomic E-state index is 0.237. The van der Waals surface area contributed by atoms with E-state index in [0.29, 0.717) is 0 Å². The number of unbranched alkanes of at least 4 members (excludes halogenated alkanes) is 1. The Balaban J connectivity index is 1.85. The highest BCUT2D eigenvalue weighted by Gasteiger charge is 2.02. The maximum atomic E-state index is 5.86. The van der Waals surface area contributed by atoms with Gasteiger partial charge in [0.25, 0.3) is 0 Å². The summed E-state index contributed by atoms with van der Waals surface area (Å²) < 4.78 is 11.6. The van der Waals surface area contributed by atoms with E-state index in [1.807, 2.05) is 30.3 Å². The van der Waals surface area contributed by atoms with Gasteiger partial charge in [0.15, 0.2) is 0 Å². The maximum Gasteiger partial charge on any atom is 0.121 e. The van der Waals surface area contributed by atoms with E-state index in [4.69, 9.17) is 9.47 Å². The summed E-state index contributed by atoms with van der Waals surface area (Å²) in [6.07, 6.45) is 3.49. The molecule has 1 N–H and O–H groups in total. The molecule has 2 aromatic carbocycles. The minimum Gasteiger partial charge on any atom is -0.494 e. The molecule has 0 aliphatic rings. The van der Waals surface area contributed by atoms with Gasteiger partial charge in [0, 0.05) is 18.3 Å². The first-order chi connectivity index (χ1) is 11.7. The Kier molecular flexibility index (Phi) is 7.47. The zero-order valence-corrected chi connectivity index (χ0v) is 15.0. The fourth-order valence-electron chi connectivity index (χ4n) is 2.24. The molecule has 3 heteroatoms. The predicted octanol–water partition coefficient (Wildman–Crippen LogP) is 5.65. The van der Waals surface area contributed by atoms with Gasteiger partial charge in [0.1, 0.15) is 11.5 Å². The predicted molar refractivity (Wildman–Crippen MR) is 101 cm³/mol. The summed E-state index contributed by atoms with van der Waals surface area (Å²) in [7, 11) is 0. The molecule has 24 heavy (non-hydrogen) atoms. The van der Waals surface area contributed by atoms with E-state index in [1.54, 1.807) is 0 Å². The zero-order chi connectivity index (χ0) is 17.2. The molecular weight excluding hydrogens is 298 g/mol. The van der Waals surface area contributed by atoms with E-state index in [-0.39, 0.29) is 6.10 Å².